The minimum absolute atomic E-state index is 0.123. The summed E-state index contributed by atoms with van der Waals surface area (Å²) in [4.78, 5) is 28.8. The number of aromatic nitrogens is 2. The number of aromatic amines is 2. The number of hydrogen-bond donors (Lipinski definition) is 3. The molecule has 1 heterocycles. The van der Waals surface area contributed by atoms with Crippen LogP contribution < -0.4 is 20.5 Å². The second-order valence-electron chi connectivity index (χ2n) is 5.57. The fourth-order valence-electron chi connectivity index (χ4n) is 2.66. The van der Waals surface area contributed by atoms with E-state index >= 15 is 0 Å². The van der Waals surface area contributed by atoms with E-state index in [0.29, 0.717) is 29.6 Å². The number of hydrogen-bond acceptors (Lipinski definition) is 4. The molecule has 0 atom stereocenters. The number of carbonyl (C=O) groups is 1. The molecular weight excluding hydrogens is 322 g/mol. The molecule has 1 amide bonds. The first-order valence-corrected chi connectivity index (χ1v) is 7.82. The molecule has 3 rings (SSSR count). The van der Waals surface area contributed by atoms with Crippen LogP contribution in [0, 0.1) is 0 Å². The number of amides is 1. The summed E-state index contributed by atoms with van der Waals surface area (Å²) in [5.41, 5.74) is 2.61. The summed E-state index contributed by atoms with van der Waals surface area (Å²) in [5.74, 6) is 1.32. The molecule has 130 valence electrons. The highest BCUT2D eigenvalue weighted by molar-refractivity contribution is 5.93. The lowest BCUT2D eigenvalue weighted by atomic mass is 10.1. The molecular formula is C18H19N3O4. The Kier molecular flexibility index (Phi) is 4.74. The van der Waals surface area contributed by atoms with Gasteiger partial charge in [-0.15, -0.1) is 0 Å². The molecule has 7 heteroatoms. The van der Waals surface area contributed by atoms with Gasteiger partial charge in [-0.3, -0.25) is 4.79 Å². The molecule has 0 unspecified atom stereocenters. The normalized spacial score (nSPS) is 10.6. The lowest BCUT2D eigenvalue weighted by Crippen LogP contribution is -2.12. The van der Waals surface area contributed by atoms with Gasteiger partial charge in [0.05, 0.1) is 25.3 Å². The highest BCUT2D eigenvalue weighted by Gasteiger charge is 2.09. The van der Waals surface area contributed by atoms with Gasteiger partial charge in [0.1, 0.15) is 11.5 Å². The van der Waals surface area contributed by atoms with Gasteiger partial charge < -0.3 is 24.8 Å². The number of methoxy groups -OCH3 is 2. The Morgan fingerprint density at radius 2 is 1.84 bits per heavy atom. The maximum Gasteiger partial charge on any atom is 0.323 e. The van der Waals surface area contributed by atoms with E-state index in [1.807, 2.05) is 18.2 Å². The van der Waals surface area contributed by atoms with Crippen molar-refractivity contribution in [2.45, 2.75) is 12.8 Å². The Bertz CT molecular complexity index is 958. The third-order valence-electron chi connectivity index (χ3n) is 3.91. The van der Waals surface area contributed by atoms with Gasteiger partial charge in [-0.25, -0.2) is 4.79 Å². The lowest BCUT2D eigenvalue weighted by Gasteiger charge is -2.10. The van der Waals surface area contributed by atoms with Crippen LogP contribution in [0.4, 0.5) is 5.69 Å². The van der Waals surface area contributed by atoms with Crippen LogP contribution in [0.15, 0.2) is 41.2 Å². The van der Waals surface area contributed by atoms with Gasteiger partial charge in [0.2, 0.25) is 5.91 Å². The predicted molar refractivity (Wildman–Crippen MR) is 95.4 cm³/mol. The zero-order chi connectivity index (χ0) is 17.8. The molecule has 0 bridgehead atoms. The number of nitrogens with one attached hydrogen (secondary N) is 3. The van der Waals surface area contributed by atoms with E-state index in [2.05, 4.69) is 15.3 Å². The van der Waals surface area contributed by atoms with E-state index in [4.69, 9.17) is 9.47 Å². The van der Waals surface area contributed by atoms with Crippen LogP contribution >= 0.6 is 0 Å². The Morgan fingerprint density at radius 3 is 2.60 bits per heavy atom. The van der Waals surface area contributed by atoms with Gasteiger partial charge in [0.15, 0.2) is 0 Å². The minimum Gasteiger partial charge on any atom is -0.497 e. The number of benzene rings is 2. The van der Waals surface area contributed by atoms with Crippen LogP contribution in [0.2, 0.25) is 0 Å². The van der Waals surface area contributed by atoms with Gasteiger partial charge in [0, 0.05) is 12.1 Å². The zero-order valence-electron chi connectivity index (χ0n) is 14.0. The van der Waals surface area contributed by atoms with Crippen LogP contribution in [0.25, 0.3) is 11.0 Å². The SMILES string of the molecule is COc1ccc(OC)c(CCC(=O)Nc2ccc3[nH]c(=O)[nH]c3c2)c1. The Hall–Kier alpha value is -3.22. The van der Waals surface area contributed by atoms with Crippen LogP contribution in [-0.2, 0) is 11.2 Å². The lowest BCUT2D eigenvalue weighted by molar-refractivity contribution is -0.116. The summed E-state index contributed by atoms with van der Waals surface area (Å²) in [6.45, 7) is 0. The van der Waals surface area contributed by atoms with Gasteiger partial charge >= 0.3 is 5.69 Å². The molecule has 0 radical (unpaired) electrons. The fourth-order valence-corrected chi connectivity index (χ4v) is 2.66. The number of anilines is 1. The second-order valence-corrected chi connectivity index (χ2v) is 5.57. The van der Waals surface area contributed by atoms with E-state index in [1.54, 1.807) is 32.4 Å². The summed E-state index contributed by atoms with van der Waals surface area (Å²) in [7, 11) is 3.19. The van der Waals surface area contributed by atoms with Gasteiger partial charge in [-0.05, 0) is 48.4 Å². The highest BCUT2D eigenvalue weighted by Crippen LogP contribution is 2.25. The number of carbonyl (C=O) groups excluding carboxylic acids is 1. The number of H-pyrrole nitrogens is 2. The van der Waals surface area contributed by atoms with Crippen LogP contribution in [-0.4, -0.2) is 30.1 Å². The smallest absolute Gasteiger partial charge is 0.323 e. The fraction of sp³-hybridized carbons (Fsp3) is 0.222. The third-order valence-corrected chi connectivity index (χ3v) is 3.91. The topological polar surface area (TPSA) is 96.2 Å². The van der Waals surface area contributed by atoms with Crippen molar-refractivity contribution in [3.8, 4) is 11.5 Å². The molecule has 0 spiro atoms. The second kappa shape index (κ2) is 7.12. The first-order valence-electron chi connectivity index (χ1n) is 7.82. The Balaban J connectivity index is 1.66. The van der Waals surface area contributed by atoms with Crippen molar-refractivity contribution in [1.82, 2.24) is 9.97 Å². The van der Waals surface area contributed by atoms with Gasteiger partial charge in [-0.2, -0.15) is 0 Å². The molecule has 3 N–H and O–H groups in total. The molecule has 0 aliphatic rings. The molecule has 2 aromatic carbocycles. The van der Waals surface area contributed by atoms with Crippen molar-refractivity contribution in [2.24, 2.45) is 0 Å². The highest BCUT2D eigenvalue weighted by atomic mass is 16.5. The van der Waals surface area contributed by atoms with Crippen molar-refractivity contribution in [3.05, 3.63) is 52.4 Å². The molecule has 7 nitrogen and oxygen atoms in total. The number of imidazole rings is 1. The maximum absolute atomic E-state index is 12.2. The number of ether oxygens (including phenoxy) is 2. The van der Waals surface area contributed by atoms with E-state index < -0.39 is 0 Å². The number of aryl methyl sites for hydroxylation is 1. The van der Waals surface area contributed by atoms with Crippen LogP contribution in [0.3, 0.4) is 0 Å². The quantitative estimate of drug-likeness (QED) is 0.641. The maximum atomic E-state index is 12.2. The first-order chi connectivity index (χ1) is 12.1. The standard InChI is InChI=1S/C18H19N3O4/c1-24-13-5-7-16(25-2)11(9-13)3-8-17(22)19-12-4-6-14-15(10-12)21-18(23)20-14/h4-7,9-10H,3,8H2,1-2H3,(H,19,22)(H2,20,21,23). The molecule has 0 saturated heterocycles. The summed E-state index contributed by atoms with van der Waals surface area (Å²) in [6.07, 6.45) is 0.820. The van der Waals surface area contributed by atoms with Crippen molar-refractivity contribution in [3.63, 3.8) is 0 Å². The van der Waals surface area contributed by atoms with E-state index in [-0.39, 0.29) is 11.6 Å². The van der Waals surface area contributed by atoms with Gasteiger partial charge in [-0.1, -0.05) is 0 Å². The molecule has 3 aromatic rings. The van der Waals surface area contributed by atoms with Crippen LogP contribution in [0.5, 0.6) is 11.5 Å². The largest absolute Gasteiger partial charge is 0.497 e. The van der Waals surface area contributed by atoms with E-state index in [1.165, 1.54) is 0 Å². The van der Waals surface area contributed by atoms with E-state index in [9.17, 15) is 9.59 Å². The average molecular weight is 341 g/mol. The number of fused-ring (bicyclic) bond motifs is 1. The number of rotatable bonds is 6. The molecule has 0 fully saturated rings. The average Bonchev–Trinajstić information content (AvgIpc) is 2.99. The molecule has 25 heavy (non-hydrogen) atoms. The monoisotopic (exact) mass is 341 g/mol. The van der Waals surface area contributed by atoms with Gasteiger partial charge in [0.25, 0.3) is 0 Å². The summed E-state index contributed by atoms with van der Waals surface area (Å²) < 4.78 is 10.5. The Morgan fingerprint density at radius 1 is 1.04 bits per heavy atom. The molecule has 0 aliphatic carbocycles. The van der Waals surface area contributed by atoms with Crippen molar-refractivity contribution >= 4 is 22.6 Å². The summed E-state index contributed by atoms with van der Waals surface area (Å²) in [5, 5.41) is 2.83. The molecule has 0 aliphatic heterocycles. The van der Waals surface area contributed by atoms with Crippen LogP contribution in [0.1, 0.15) is 12.0 Å². The van der Waals surface area contributed by atoms with Crippen molar-refractivity contribution < 1.29 is 14.3 Å². The molecule has 1 aromatic heterocycles. The van der Waals surface area contributed by atoms with Crippen molar-refractivity contribution in [1.29, 1.82) is 0 Å². The minimum atomic E-state index is -0.274. The van der Waals surface area contributed by atoms with E-state index in [0.717, 1.165) is 17.1 Å². The third kappa shape index (κ3) is 3.82. The predicted octanol–water partition coefficient (Wildman–Crippen LogP) is 2.44. The summed E-state index contributed by atoms with van der Waals surface area (Å²) >= 11 is 0. The van der Waals surface area contributed by atoms with Crippen molar-refractivity contribution in [2.75, 3.05) is 19.5 Å². The Labute approximate surface area is 144 Å². The molecule has 0 saturated carbocycles. The summed E-state index contributed by atoms with van der Waals surface area (Å²) in [6, 6.07) is 10.7. The first kappa shape index (κ1) is 16.6. The zero-order valence-corrected chi connectivity index (χ0v) is 14.0.